The van der Waals surface area contributed by atoms with Gasteiger partial charge >= 0.3 is 18.0 Å². The minimum absolute atomic E-state index is 0.0229. The summed E-state index contributed by atoms with van der Waals surface area (Å²) in [6.07, 6.45) is -12.3. The molecule has 0 bridgehead atoms. The number of sulfone groups is 1. The van der Waals surface area contributed by atoms with Crippen molar-refractivity contribution in [3.05, 3.63) is 64.2 Å². The van der Waals surface area contributed by atoms with Gasteiger partial charge in [-0.25, -0.2) is 12.8 Å². The second-order valence-electron chi connectivity index (χ2n) is 10.3. The van der Waals surface area contributed by atoms with Gasteiger partial charge in [0.25, 0.3) is 0 Å². The van der Waals surface area contributed by atoms with Crippen LogP contribution in [0.15, 0.2) is 47.4 Å². The lowest BCUT2D eigenvalue weighted by atomic mass is 9.76. The highest BCUT2D eigenvalue weighted by Crippen LogP contribution is 2.57. The standard InChI is InChI=1S/C26H23ClF7NO3S2.C2H6/c27-18-3-5-19(6-4-18)40(37,38)23-10-11-35(22(36)16-9-12-39-14-16)21(23)8-1-15-13-17(2-7-20(15)23)24(28,25(29,30)31)26(32,33)34;1-2/h2-7,13,16,21H,1,8-12,14H2;1-2H3. The van der Waals surface area contributed by atoms with Gasteiger partial charge in [0.15, 0.2) is 9.84 Å². The fourth-order valence-corrected chi connectivity index (χ4v) is 9.99. The third-order valence-corrected chi connectivity index (χ3v) is 12.2. The SMILES string of the molecule is CC.O=C(C1CCSC1)N1CCC2(S(=O)(=O)c3ccc(Cl)cc3)c3ccc(C(F)(C(F)(F)F)C(F)(F)F)cc3CCC12. The minimum atomic E-state index is -6.31. The lowest BCUT2D eigenvalue weighted by Crippen LogP contribution is -2.53. The highest BCUT2D eigenvalue weighted by molar-refractivity contribution is 7.99. The molecule has 0 saturated carbocycles. The number of halogens is 8. The molecular weight excluding hydrogens is 631 g/mol. The van der Waals surface area contributed by atoms with Crippen LogP contribution >= 0.6 is 23.4 Å². The number of hydrogen-bond acceptors (Lipinski definition) is 4. The van der Waals surface area contributed by atoms with Crippen molar-refractivity contribution in [2.75, 3.05) is 18.1 Å². The third kappa shape index (κ3) is 5.00. The highest BCUT2D eigenvalue weighted by Gasteiger charge is 2.74. The molecule has 2 aromatic rings. The molecule has 2 saturated heterocycles. The number of carbonyl (C=O) groups is 1. The van der Waals surface area contributed by atoms with Crippen LogP contribution in [0.25, 0.3) is 0 Å². The topological polar surface area (TPSA) is 54.5 Å². The zero-order valence-electron chi connectivity index (χ0n) is 22.7. The van der Waals surface area contributed by atoms with Gasteiger partial charge in [-0.05, 0) is 66.8 Å². The van der Waals surface area contributed by atoms with Gasteiger partial charge < -0.3 is 4.90 Å². The van der Waals surface area contributed by atoms with Gasteiger partial charge in [-0.15, -0.1) is 0 Å². The first kappa shape index (κ1) is 32.9. The normalized spacial score (nSPS) is 24.5. The Morgan fingerprint density at radius 2 is 1.60 bits per heavy atom. The largest absolute Gasteiger partial charge is 0.435 e. The molecule has 0 spiro atoms. The van der Waals surface area contributed by atoms with Crippen molar-refractivity contribution in [3.8, 4) is 0 Å². The number of likely N-dealkylation sites (tertiary alicyclic amines) is 1. The van der Waals surface area contributed by atoms with Gasteiger partial charge in [-0.2, -0.15) is 38.1 Å². The van der Waals surface area contributed by atoms with E-state index >= 15 is 0 Å². The Morgan fingerprint density at radius 1 is 0.976 bits per heavy atom. The summed E-state index contributed by atoms with van der Waals surface area (Å²) in [5.74, 6) is 0.818. The van der Waals surface area contributed by atoms with Gasteiger partial charge in [-0.1, -0.05) is 43.6 Å². The minimum Gasteiger partial charge on any atom is -0.337 e. The zero-order valence-corrected chi connectivity index (χ0v) is 25.0. The molecule has 2 aliphatic heterocycles. The summed E-state index contributed by atoms with van der Waals surface area (Å²) in [5, 5.41) is 0.252. The second-order valence-corrected chi connectivity index (χ2v) is 14.1. The molecular formula is C28H29ClF7NO3S2. The number of nitrogens with zero attached hydrogens (tertiary/aromatic N) is 1. The second kappa shape index (κ2) is 11.5. The predicted octanol–water partition coefficient (Wildman–Crippen LogP) is 7.63. The molecule has 2 aromatic carbocycles. The van der Waals surface area contributed by atoms with E-state index in [0.29, 0.717) is 24.3 Å². The van der Waals surface area contributed by atoms with E-state index in [1.54, 1.807) is 11.8 Å². The lowest BCUT2D eigenvalue weighted by molar-refractivity contribution is -0.348. The number of amides is 1. The van der Waals surface area contributed by atoms with Crippen LogP contribution in [-0.4, -0.2) is 55.7 Å². The Hall–Kier alpha value is -1.99. The molecule has 3 atom stereocenters. The number of rotatable bonds is 4. The number of aryl methyl sites for hydroxylation is 1. The molecule has 3 aliphatic rings. The van der Waals surface area contributed by atoms with Crippen molar-refractivity contribution in [1.82, 2.24) is 4.90 Å². The molecule has 2 heterocycles. The summed E-state index contributed by atoms with van der Waals surface area (Å²) in [6.45, 7) is 4.04. The summed E-state index contributed by atoms with van der Waals surface area (Å²) in [4.78, 5) is 14.8. The molecule has 0 N–H and O–H groups in total. The third-order valence-electron chi connectivity index (χ3n) is 8.23. The van der Waals surface area contributed by atoms with Crippen molar-refractivity contribution in [2.24, 2.45) is 5.92 Å². The maximum atomic E-state index is 14.9. The van der Waals surface area contributed by atoms with Crippen molar-refractivity contribution in [2.45, 2.75) is 73.2 Å². The summed E-state index contributed by atoms with van der Waals surface area (Å²) < 4.78 is 123. The predicted molar refractivity (Wildman–Crippen MR) is 147 cm³/mol. The number of benzene rings is 2. The molecule has 1 aliphatic carbocycles. The monoisotopic (exact) mass is 659 g/mol. The Bertz CT molecular complexity index is 1410. The summed E-state index contributed by atoms with van der Waals surface area (Å²) in [6, 6.07) is 6.02. The molecule has 3 unspecified atom stereocenters. The van der Waals surface area contributed by atoms with Crippen LogP contribution in [0, 0.1) is 5.92 Å². The quantitative estimate of drug-likeness (QED) is 0.317. The van der Waals surface area contributed by atoms with E-state index < -0.39 is 44.2 Å². The van der Waals surface area contributed by atoms with E-state index in [2.05, 4.69) is 0 Å². The van der Waals surface area contributed by atoms with Crippen molar-refractivity contribution >= 4 is 39.1 Å². The Morgan fingerprint density at radius 3 is 2.14 bits per heavy atom. The van der Waals surface area contributed by atoms with Crippen molar-refractivity contribution < 1.29 is 43.9 Å². The molecule has 4 nitrogen and oxygen atoms in total. The van der Waals surface area contributed by atoms with Crippen LogP contribution in [0.3, 0.4) is 0 Å². The van der Waals surface area contributed by atoms with Crippen molar-refractivity contribution in [3.63, 3.8) is 0 Å². The molecule has 0 aromatic heterocycles. The Labute approximate surface area is 248 Å². The smallest absolute Gasteiger partial charge is 0.337 e. The van der Waals surface area contributed by atoms with E-state index in [1.165, 1.54) is 29.2 Å². The van der Waals surface area contributed by atoms with Crippen LogP contribution in [0.2, 0.25) is 5.02 Å². The number of carbonyl (C=O) groups excluding carboxylic acids is 1. The summed E-state index contributed by atoms with van der Waals surface area (Å²) in [7, 11) is -4.38. The summed E-state index contributed by atoms with van der Waals surface area (Å²) >= 11 is 7.54. The molecule has 5 rings (SSSR count). The summed E-state index contributed by atoms with van der Waals surface area (Å²) in [5.41, 5.74) is -7.47. The van der Waals surface area contributed by atoms with Gasteiger partial charge in [0, 0.05) is 28.8 Å². The van der Waals surface area contributed by atoms with Crippen LogP contribution in [0.5, 0.6) is 0 Å². The van der Waals surface area contributed by atoms with E-state index in [9.17, 15) is 43.9 Å². The van der Waals surface area contributed by atoms with Gasteiger partial charge in [0.05, 0.1) is 10.9 Å². The first-order chi connectivity index (χ1) is 19.6. The maximum absolute atomic E-state index is 14.9. The van der Waals surface area contributed by atoms with Crippen LogP contribution < -0.4 is 0 Å². The fraction of sp³-hybridized carbons (Fsp3) is 0.536. The number of fused-ring (bicyclic) bond motifs is 3. The molecule has 2 fully saturated rings. The van der Waals surface area contributed by atoms with Crippen molar-refractivity contribution in [1.29, 1.82) is 0 Å². The average molecular weight is 660 g/mol. The number of thioether (sulfide) groups is 1. The number of alkyl halides is 7. The molecule has 1 amide bonds. The average Bonchev–Trinajstić information content (AvgIpc) is 3.61. The number of hydrogen-bond donors (Lipinski definition) is 0. The highest BCUT2D eigenvalue weighted by atomic mass is 35.5. The lowest BCUT2D eigenvalue weighted by Gasteiger charge is -2.43. The fourth-order valence-electron chi connectivity index (χ4n) is 6.28. The van der Waals surface area contributed by atoms with Crippen LogP contribution in [0.1, 0.15) is 49.8 Å². The Balaban J connectivity index is 0.00000198. The van der Waals surface area contributed by atoms with Gasteiger partial charge in [-0.3, -0.25) is 4.79 Å². The van der Waals surface area contributed by atoms with E-state index in [1.807, 2.05) is 13.8 Å². The molecule has 0 radical (unpaired) electrons. The van der Waals surface area contributed by atoms with E-state index in [-0.39, 0.29) is 58.7 Å². The maximum Gasteiger partial charge on any atom is 0.435 e. The molecule has 42 heavy (non-hydrogen) atoms. The molecule has 232 valence electrons. The zero-order chi connectivity index (χ0) is 31.3. The van der Waals surface area contributed by atoms with Crippen LogP contribution in [-0.2, 0) is 31.5 Å². The van der Waals surface area contributed by atoms with Gasteiger partial charge in [0.2, 0.25) is 5.91 Å². The van der Waals surface area contributed by atoms with E-state index in [4.69, 9.17) is 11.6 Å². The van der Waals surface area contributed by atoms with Crippen LogP contribution in [0.4, 0.5) is 30.7 Å². The molecule has 14 heteroatoms. The first-order valence-electron chi connectivity index (χ1n) is 13.4. The van der Waals surface area contributed by atoms with E-state index in [0.717, 1.165) is 11.8 Å². The van der Waals surface area contributed by atoms with Gasteiger partial charge in [0.1, 0.15) is 4.75 Å². The Kier molecular flexibility index (Phi) is 9.01. The first-order valence-corrected chi connectivity index (χ1v) is 16.4.